The Morgan fingerprint density at radius 3 is 2.71 bits per heavy atom. The van der Waals surface area contributed by atoms with Crippen molar-refractivity contribution in [2.75, 3.05) is 0 Å². The third kappa shape index (κ3) is 4.78. The lowest BCUT2D eigenvalue weighted by atomic mass is 9.83. The molecule has 0 saturated heterocycles. The predicted octanol–water partition coefficient (Wildman–Crippen LogP) is 3.95. The van der Waals surface area contributed by atoms with Crippen molar-refractivity contribution >= 4 is 27.5 Å². The largest absolute Gasteiger partial charge is 0.465 e. The normalized spacial score (nSPS) is 12.8. The molecule has 3 aromatic rings. The van der Waals surface area contributed by atoms with Crippen molar-refractivity contribution in [1.29, 1.82) is 5.26 Å². The van der Waals surface area contributed by atoms with E-state index in [9.17, 15) is 23.6 Å². The molecule has 8 nitrogen and oxygen atoms in total. The average Bonchev–Trinajstić information content (AvgIpc) is 3.33. The Labute approximate surface area is 184 Å². The number of thiophene rings is 1. The third-order valence-corrected chi connectivity index (χ3v) is 7.28. The van der Waals surface area contributed by atoms with Crippen LogP contribution in [0.15, 0.2) is 52.4 Å². The van der Waals surface area contributed by atoms with Crippen LogP contribution in [0.1, 0.15) is 31.9 Å². The number of nitriles is 1. The van der Waals surface area contributed by atoms with Gasteiger partial charge in [-0.05, 0) is 35.6 Å². The van der Waals surface area contributed by atoms with Crippen LogP contribution in [0.3, 0.4) is 0 Å². The number of carboxylic acid groups (broad SMARTS) is 1. The quantitative estimate of drug-likeness (QED) is 0.576. The summed E-state index contributed by atoms with van der Waals surface area (Å²) in [6.07, 6.45) is 3.37. The van der Waals surface area contributed by atoms with E-state index in [0.717, 1.165) is 3.97 Å². The fourth-order valence-electron chi connectivity index (χ4n) is 3.16. The van der Waals surface area contributed by atoms with Crippen molar-refractivity contribution in [3.05, 3.63) is 58.7 Å². The van der Waals surface area contributed by atoms with Crippen LogP contribution in [0.25, 0.3) is 11.3 Å². The predicted molar refractivity (Wildman–Crippen MR) is 117 cm³/mol. The molecule has 31 heavy (non-hydrogen) atoms. The lowest BCUT2D eigenvalue weighted by Gasteiger charge is -2.30. The molecule has 0 aromatic carbocycles. The molecule has 0 bridgehead atoms. The number of pyridine rings is 1. The zero-order chi connectivity index (χ0) is 22.8. The number of amides is 1. The van der Waals surface area contributed by atoms with E-state index in [1.807, 2.05) is 20.8 Å². The fraction of sp³-hybridized carbons (Fsp3) is 0.286. The van der Waals surface area contributed by atoms with E-state index in [2.05, 4.69) is 16.4 Å². The molecular weight excluding hydrogens is 436 g/mol. The molecule has 1 amide bonds. The van der Waals surface area contributed by atoms with Gasteiger partial charge in [-0.2, -0.15) is 16.6 Å². The SMILES string of the molecule is CC(C)(C)C(Cc1cc(-c2cscc2C#N)n(S(=O)(=O)c2cccnc2)c1)NC(=O)O. The van der Waals surface area contributed by atoms with Crippen molar-refractivity contribution in [2.45, 2.75) is 38.1 Å². The molecule has 1 atom stereocenters. The summed E-state index contributed by atoms with van der Waals surface area (Å²) in [5, 5.41) is 24.6. The van der Waals surface area contributed by atoms with Crippen LogP contribution in [0, 0.1) is 16.7 Å². The number of nitrogens with one attached hydrogen (secondary N) is 1. The van der Waals surface area contributed by atoms with Crippen molar-refractivity contribution < 1.29 is 18.3 Å². The summed E-state index contributed by atoms with van der Waals surface area (Å²) in [4.78, 5) is 15.2. The summed E-state index contributed by atoms with van der Waals surface area (Å²) >= 11 is 1.30. The Kier molecular flexibility index (Phi) is 6.20. The Morgan fingerprint density at radius 1 is 1.39 bits per heavy atom. The maximum atomic E-state index is 13.4. The zero-order valence-electron chi connectivity index (χ0n) is 17.2. The monoisotopic (exact) mass is 458 g/mol. The Bertz CT molecular complexity index is 1230. The molecule has 2 N–H and O–H groups in total. The molecule has 10 heteroatoms. The first-order chi connectivity index (χ1) is 14.5. The summed E-state index contributed by atoms with van der Waals surface area (Å²) < 4.78 is 27.9. The molecule has 0 aliphatic heterocycles. The second-order valence-corrected chi connectivity index (χ2v) is 10.7. The van der Waals surface area contributed by atoms with Gasteiger partial charge in [-0.15, -0.1) is 0 Å². The summed E-state index contributed by atoms with van der Waals surface area (Å²) in [5.74, 6) is 0. The van der Waals surface area contributed by atoms with E-state index in [4.69, 9.17) is 0 Å². The highest BCUT2D eigenvalue weighted by atomic mass is 32.2. The van der Waals surface area contributed by atoms with Crippen molar-refractivity contribution in [1.82, 2.24) is 14.3 Å². The molecule has 0 saturated carbocycles. The van der Waals surface area contributed by atoms with E-state index in [1.165, 1.54) is 42.1 Å². The lowest BCUT2D eigenvalue weighted by Crippen LogP contribution is -2.44. The Morgan fingerprint density at radius 2 is 2.13 bits per heavy atom. The highest BCUT2D eigenvalue weighted by Crippen LogP contribution is 2.33. The van der Waals surface area contributed by atoms with Gasteiger partial charge in [-0.25, -0.2) is 17.2 Å². The molecule has 0 aliphatic rings. The van der Waals surface area contributed by atoms with Gasteiger partial charge in [0, 0.05) is 41.0 Å². The number of carbonyl (C=O) groups is 1. The Hall–Kier alpha value is -3.16. The molecule has 0 fully saturated rings. The van der Waals surface area contributed by atoms with Gasteiger partial charge in [0.1, 0.15) is 11.0 Å². The van der Waals surface area contributed by atoms with Crippen molar-refractivity contribution in [2.24, 2.45) is 5.41 Å². The van der Waals surface area contributed by atoms with Gasteiger partial charge in [0.05, 0.1) is 11.3 Å². The number of hydrogen-bond donors (Lipinski definition) is 2. The number of nitrogens with zero attached hydrogens (tertiary/aromatic N) is 3. The number of aromatic nitrogens is 2. The summed E-state index contributed by atoms with van der Waals surface area (Å²) in [7, 11) is -3.98. The molecule has 3 heterocycles. The first-order valence-corrected chi connectivity index (χ1v) is 11.8. The molecule has 0 aliphatic carbocycles. The molecule has 3 rings (SSSR count). The summed E-state index contributed by atoms with van der Waals surface area (Å²) in [6, 6.07) is 6.32. The molecular formula is C21H22N4O4S2. The van der Waals surface area contributed by atoms with E-state index < -0.39 is 27.6 Å². The number of hydrogen-bond acceptors (Lipinski definition) is 6. The molecule has 162 valence electrons. The van der Waals surface area contributed by atoms with Gasteiger partial charge in [-0.1, -0.05) is 20.8 Å². The minimum absolute atomic E-state index is 0.0168. The van der Waals surface area contributed by atoms with Crippen molar-refractivity contribution in [3.8, 4) is 17.3 Å². The molecule has 1 unspecified atom stereocenters. The highest BCUT2D eigenvalue weighted by Gasteiger charge is 2.29. The van der Waals surface area contributed by atoms with Gasteiger partial charge in [0.15, 0.2) is 0 Å². The van der Waals surface area contributed by atoms with E-state index in [-0.39, 0.29) is 11.3 Å². The highest BCUT2D eigenvalue weighted by molar-refractivity contribution is 7.90. The first kappa shape index (κ1) is 22.5. The van der Waals surface area contributed by atoms with Crippen molar-refractivity contribution in [3.63, 3.8) is 0 Å². The van der Waals surface area contributed by atoms with Crippen LogP contribution < -0.4 is 5.32 Å². The fourth-order valence-corrected chi connectivity index (χ4v) is 5.28. The van der Waals surface area contributed by atoms with Crippen LogP contribution in [0.2, 0.25) is 0 Å². The molecule has 0 spiro atoms. The summed E-state index contributed by atoms with van der Waals surface area (Å²) in [5.41, 5.74) is 1.45. The van der Waals surface area contributed by atoms with Gasteiger partial charge >= 0.3 is 6.09 Å². The second-order valence-electron chi connectivity index (χ2n) is 8.11. The van der Waals surface area contributed by atoms with Crippen LogP contribution in [0.5, 0.6) is 0 Å². The van der Waals surface area contributed by atoms with E-state index in [0.29, 0.717) is 22.4 Å². The van der Waals surface area contributed by atoms with Gasteiger partial charge in [0.2, 0.25) is 0 Å². The standard InChI is InChI=1S/C21H22N4O4S2/c1-21(2,3)19(24-20(26)27)8-14-7-18(17-13-30-12-15(17)9-22)25(11-14)31(28,29)16-5-4-6-23-10-16/h4-7,10-13,19,24H,8H2,1-3H3,(H,26,27). The molecule has 3 aromatic heterocycles. The van der Waals surface area contributed by atoms with E-state index >= 15 is 0 Å². The third-order valence-electron chi connectivity index (χ3n) is 4.88. The van der Waals surface area contributed by atoms with Crippen LogP contribution >= 0.6 is 11.3 Å². The van der Waals surface area contributed by atoms with Gasteiger partial charge < -0.3 is 10.4 Å². The maximum absolute atomic E-state index is 13.4. The van der Waals surface area contributed by atoms with Gasteiger partial charge in [0.25, 0.3) is 10.0 Å². The number of rotatable bonds is 6. The Balaban J connectivity index is 2.15. The maximum Gasteiger partial charge on any atom is 0.404 e. The van der Waals surface area contributed by atoms with E-state index in [1.54, 1.807) is 16.8 Å². The topological polar surface area (TPSA) is 125 Å². The average molecular weight is 459 g/mol. The van der Waals surface area contributed by atoms with Crippen LogP contribution in [0.4, 0.5) is 4.79 Å². The van der Waals surface area contributed by atoms with Gasteiger partial charge in [-0.3, -0.25) is 4.98 Å². The van der Waals surface area contributed by atoms with Crippen LogP contribution in [-0.4, -0.2) is 34.6 Å². The lowest BCUT2D eigenvalue weighted by molar-refractivity contribution is 0.174. The van der Waals surface area contributed by atoms with Crippen LogP contribution in [-0.2, 0) is 16.4 Å². The minimum Gasteiger partial charge on any atom is -0.465 e. The summed E-state index contributed by atoms with van der Waals surface area (Å²) in [6.45, 7) is 5.72. The minimum atomic E-state index is -3.98. The second kappa shape index (κ2) is 8.53. The smallest absolute Gasteiger partial charge is 0.404 e. The zero-order valence-corrected chi connectivity index (χ0v) is 18.9. The first-order valence-electron chi connectivity index (χ1n) is 9.37. The molecule has 0 radical (unpaired) electrons.